The van der Waals surface area contributed by atoms with Crippen LogP contribution in [0.4, 0.5) is 11.4 Å². The SMILES string of the molecule is C/C1=C/C=C/C(C)C[C@@H](C)C(O)[C@@H](C)C(OC(=O)CN2CCC(N(C)c3ccccc3)CC2)[C@H](C)C/C=C/OC2(C)Oc3c(C)c(O)c4c(O)c(c5c(c4c3C2=O)=NC2(CCN(CC(C)C)CC2)N=5)NC1=O.CO. The fourth-order valence-corrected chi connectivity index (χ4v) is 11.5. The minimum Gasteiger partial charge on any atom is -0.507 e. The van der Waals surface area contributed by atoms with Crippen LogP contribution in [0.5, 0.6) is 17.2 Å². The maximum Gasteiger partial charge on any atom is 0.320 e. The Morgan fingerprint density at radius 1 is 0.932 bits per heavy atom. The summed E-state index contributed by atoms with van der Waals surface area (Å²) < 4.78 is 19.0. The summed E-state index contributed by atoms with van der Waals surface area (Å²) >= 11 is 0. The molecule has 4 unspecified atom stereocenters. The third kappa shape index (κ3) is 11.7. The highest BCUT2D eigenvalue weighted by Gasteiger charge is 2.50. The number of nitrogens with zero attached hydrogens (tertiary/aromatic N) is 5. The van der Waals surface area contributed by atoms with Gasteiger partial charge in [0.2, 0.25) is 0 Å². The second kappa shape index (κ2) is 23.4. The molecule has 2 fully saturated rings. The highest BCUT2D eigenvalue weighted by Crippen LogP contribution is 2.50. The first-order valence-electron chi connectivity index (χ1n) is 26.5. The monoisotopic (exact) mass is 1020 g/mol. The summed E-state index contributed by atoms with van der Waals surface area (Å²) in [6.07, 6.45) is 11.1. The number of Topliss-reactive ketones (excluding diaryl/α,β-unsaturated/α-hetero) is 1. The summed E-state index contributed by atoms with van der Waals surface area (Å²) in [5.41, 5.74) is 0.870. The number of aromatic hydroxyl groups is 2. The molecule has 5 bridgehead atoms. The number of aliphatic hydroxyl groups excluding tert-OH is 2. The van der Waals surface area contributed by atoms with E-state index >= 15 is 0 Å². The van der Waals surface area contributed by atoms with Crippen molar-refractivity contribution in [3.8, 4) is 17.2 Å². The normalized spacial score (nSPS) is 28.4. The van der Waals surface area contributed by atoms with Gasteiger partial charge in [0.05, 0.1) is 35.2 Å². The number of rotatable bonds is 7. The van der Waals surface area contributed by atoms with Gasteiger partial charge in [0.1, 0.15) is 28.6 Å². The van der Waals surface area contributed by atoms with E-state index in [4.69, 9.17) is 29.3 Å². The van der Waals surface area contributed by atoms with Gasteiger partial charge in [-0.2, -0.15) is 0 Å². The number of phenolic OH excluding ortho intramolecular Hbond substituents is 2. The van der Waals surface area contributed by atoms with E-state index in [1.54, 1.807) is 26.0 Å². The second-order valence-electron chi connectivity index (χ2n) is 22.0. The van der Waals surface area contributed by atoms with Crippen LogP contribution in [0, 0.1) is 36.5 Å². The van der Waals surface area contributed by atoms with Crippen LogP contribution in [-0.2, 0) is 19.1 Å². The molecule has 0 saturated carbocycles. The number of carbonyl (C=O) groups is 3. The van der Waals surface area contributed by atoms with Gasteiger partial charge in [0, 0.05) is 101 Å². The average molecular weight is 1020 g/mol. The van der Waals surface area contributed by atoms with Gasteiger partial charge in [0.15, 0.2) is 11.4 Å². The number of ether oxygens (including phenoxy) is 3. The predicted molar refractivity (Wildman–Crippen MR) is 287 cm³/mol. The average Bonchev–Trinajstić information content (AvgIpc) is 3.88. The van der Waals surface area contributed by atoms with Crippen molar-refractivity contribution < 1.29 is 49.0 Å². The Morgan fingerprint density at radius 2 is 1.59 bits per heavy atom. The molecule has 0 radical (unpaired) electrons. The fraction of sp³-hybridized carbons (Fsp3) is 0.569. The maximum absolute atomic E-state index is 14.9. The molecule has 7 atom stereocenters. The van der Waals surface area contributed by atoms with E-state index < -0.39 is 47.0 Å². The number of anilines is 2. The van der Waals surface area contributed by atoms with E-state index in [0.717, 1.165) is 52.7 Å². The largest absolute Gasteiger partial charge is 0.507 e. The molecule has 16 nitrogen and oxygen atoms in total. The van der Waals surface area contributed by atoms with Crippen molar-refractivity contribution in [2.75, 3.05) is 63.6 Å². The van der Waals surface area contributed by atoms with E-state index in [0.29, 0.717) is 43.2 Å². The molecule has 6 heterocycles. The van der Waals surface area contributed by atoms with E-state index in [1.165, 1.54) is 18.9 Å². The van der Waals surface area contributed by atoms with Crippen molar-refractivity contribution in [1.82, 2.24) is 9.80 Å². The number of para-hydroxylation sites is 1. The number of benzene rings is 3. The Hall–Kier alpha value is -5.81. The van der Waals surface area contributed by atoms with Crippen molar-refractivity contribution in [2.24, 2.45) is 39.6 Å². The fourth-order valence-electron chi connectivity index (χ4n) is 11.5. The molecular formula is C58H80N6O10. The number of carbonyl (C=O) groups excluding carboxylic acids is 3. The number of fused-ring (bicyclic) bond motifs is 13. The third-order valence-corrected chi connectivity index (χ3v) is 15.8. The quantitative estimate of drug-likeness (QED) is 0.116. The maximum atomic E-state index is 14.9. The Morgan fingerprint density at radius 3 is 2.26 bits per heavy atom. The summed E-state index contributed by atoms with van der Waals surface area (Å²) in [7, 11) is 3.12. The molecule has 3 aromatic carbocycles. The zero-order chi connectivity index (χ0) is 53.8. The molecule has 5 N–H and O–H groups in total. The van der Waals surface area contributed by atoms with Crippen LogP contribution in [0.25, 0.3) is 10.8 Å². The van der Waals surface area contributed by atoms with Crippen LogP contribution in [0.1, 0.15) is 110 Å². The summed E-state index contributed by atoms with van der Waals surface area (Å²) in [5, 5.41) is 46.6. The summed E-state index contributed by atoms with van der Waals surface area (Å²) in [6.45, 7) is 21.1. The lowest BCUT2D eigenvalue weighted by molar-refractivity contribution is -0.160. The molecule has 74 heavy (non-hydrogen) atoms. The molecule has 402 valence electrons. The van der Waals surface area contributed by atoms with Crippen LogP contribution < -0.4 is 25.7 Å². The molecule has 1 amide bonds. The number of nitrogens with one attached hydrogen (secondary N) is 1. The number of allylic oxidation sites excluding steroid dienone is 4. The first kappa shape index (κ1) is 55.9. The van der Waals surface area contributed by atoms with Gasteiger partial charge in [-0.15, -0.1) is 0 Å². The number of hydrogen-bond acceptors (Lipinski definition) is 15. The second-order valence-corrected chi connectivity index (χ2v) is 22.0. The van der Waals surface area contributed by atoms with Gasteiger partial charge in [-0.05, 0) is 81.4 Å². The van der Waals surface area contributed by atoms with Gasteiger partial charge in [-0.25, -0.2) is 0 Å². The van der Waals surface area contributed by atoms with E-state index in [2.05, 4.69) is 60.0 Å². The van der Waals surface area contributed by atoms with Crippen molar-refractivity contribution >= 4 is 39.8 Å². The molecular weight excluding hydrogens is 941 g/mol. The Bertz CT molecular complexity index is 2760. The zero-order valence-corrected chi connectivity index (χ0v) is 45.4. The zero-order valence-electron chi connectivity index (χ0n) is 45.4. The Labute approximate surface area is 436 Å². The highest BCUT2D eigenvalue weighted by molar-refractivity contribution is 6.19. The molecule has 0 aliphatic carbocycles. The van der Waals surface area contributed by atoms with Crippen LogP contribution >= 0.6 is 0 Å². The molecule has 9 rings (SSSR count). The number of ketones is 1. The van der Waals surface area contributed by atoms with Crippen LogP contribution in [0.3, 0.4) is 0 Å². The standard InChI is InChI=1S/C57H76N6O9.CH4O/c1-33(2)31-63-27-23-57(24-28-63)59-46-43-44-50(66)39(8)53-45(43)54(68)56(9,72-53)70-29-15-18-35(4)52(71-42(64)32-62-25-21-41(22-26-62)61(10)40-19-12-11-13-20-40)38(7)49(65)37(6)30-34(3)16-14-17-36(5)55(69)58-48(51(44)67)47(46)60-57;1-2/h11-17,19-20,29,33-35,37-38,41,49,52,65-67H,18,21-28,30-32H2,1-10H3,(H,58,69);2H,1H3/b16-14+,29-15+,36-17-;/t34?,35-,37-,38-,49?,52?,56?;/m1./s1. The van der Waals surface area contributed by atoms with Crippen LogP contribution in [-0.4, -0.2) is 131 Å². The summed E-state index contributed by atoms with van der Waals surface area (Å²) in [4.78, 5) is 60.0. The first-order valence-corrected chi connectivity index (χ1v) is 26.5. The molecule has 16 heteroatoms. The van der Waals surface area contributed by atoms with Crippen molar-refractivity contribution in [3.63, 3.8) is 0 Å². The smallest absolute Gasteiger partial charge is 0.320 e. The van der Waals surface area contributed by atoms with Crippen molar-refractivity contribution in [3.05, 3.63) is 88.3 Å². The molecule has 2 saturated heterocycles. The molecule has 6 aliphatic heterocycles. The lowest BCUT2D eigenvalue weighted by Crippen LogP contribution is -2.46. The number of piperidine rings is 2. The Kier molecular flexibility index (Phi) is 17.7. The lowest BCUT2D eigenvalue weighted by Gasteiger charge is -2.38. The topological polar surface area (TPSA) is 206 Å². The van der Waals surface area contributed by atoms with E-state index in [1.807, 2.05) is 51.1 Å². The minimum atomic E-state index is -1.88. The predicted octanol–water partition coefficient (Wildman–Crippen LogP) is 7.34. The van der Waals surface area contributed by atoms with Crippen molar-refractivity contribution in [1.29, 1.82) is 0 Å². The van der Waals surface area contributed by atoms with Crippen LogP contribution in [0.15, 0.2) is 76.5 Å². The minimum absolute atomic E-state index is 0.00233. The van der Waals surface area contributed by atoms with Crippen molar-refractivity contribution in [2.45, 2.75) is 131 Å². The molecule has 0 aromatic heterocycles. The Balaban J connectivity index is 0.00000395. The molecule has 1 spiro atoms. The highest BCUT2D eigenvalue weighted by atomic mass is 16.7. The summed E-state index contributed by atoms with van der Waals surface area (Å²) in [5.74, 6) is -4.37. The van der Waals surface area contributed by atoms with Gasteiger partial charge < -0.3 is 49.8 Å². The number of esters is 1. The van der Waals surface area contributed by atoms with Crippen LogP contribution in [0.2, 0.25) is 0 Å². The van der Waals surface area contributed by atoms with E-state index in [-0.39, 0.29) is 80.1 Å². The van der Waals surface area contributed by atoms with Gasteiger partial charge in [0.25, 0.3) is 11.7 Å². The number of likely N-dealkylation sites (tertiary alicyclic amines) is 2. The number of hydrogen-bond donors (Lipinski definition) is 5. The molecule has 3 aromatic rings. The lowest BCUT2D eigenvalue weighted by atomic mass is 9.80. The first-order chi connectivity index (χ1) is 35.2. The third-order valence-electron chi connectivity index (χ3n) is 15.8. The molecule has 6 aliphatic rings. The van der Waals surface area contributed by atoms with E-state index in [9.17, 15) is 29.7 Å². The van der Waals surface area contributed by atoms with Gasteiger partial charge >= 0.3 is 11.8 Å². The number of phenols is 2. The number of aliphatic hydroxyl groups is 2. The van der Waals surface area contributed by atoms with Gasteiger partial charge in [-0.1, -0.05) is 78.0 Å². The van der Waals surface area contributed by atoms with Gasteiger partial charge in [-0.3, -0.25) is 29.3 Å². The summed E-state index contributed by atoms with van der Waals surface area (Å²) in [6, 6.07) is 10.7. The number of amides is 1.